The van der Waals surface area contributed by atoms with Gasteiger partial charge in [0.2, 0.25) is 5.56 Å². The normalized spacial score (nSPS) is 9.62. The summed E-state index contributed by atoms with van der Waals surface area (Å²) in [6.07, 6.45) is 1.35. The van der Waals surface area contributed by atoms with Gasteiger partial charge in [-0.2, -0.15) is 0 Å². The number of amides is 1. The third-order valence-electron chi connectivity index (χ3n) is 2.57. The molecule has 106 valence electrons. The van der Waals surface area contributed by atoms with Gasteiger partial charge in [-0.1, -0.05) is 11.8 Å². The van der Waals surface area contributed by atoms with Crippen LogP contribution in [0.25, 0.3) is 0 Å². The Labute approximate surface area is 119 Å². The summed E-state index contributed by atoms with van der Waals surface area (Å²) in [5, 5.41) is 11.0. The lowest BCUT2D eigenvalue weighted by Gasteiger charge is -2.05. The quantitative estimate of drug-likeness (QED) is 0.723. The van der Waals surface area contributed by atoms with Gasteiger partial charge in [-0.3, -0.25) is 9.59 Å². The van der Waals surface area contributed by atoms with Crippen LogP contribution in [0.2, 0.25) is 0 Å². The molecule has 5 nitrogen and oxygen atoms in total. The zero-order valence-corrected chi connectivity index (χ0v) is 10.8. The van der Waals surface area contributed by atoms with E-state index >= 15 is 0 Å². The molecule has 0 bridgehead atoms. The second-order valence-corrected chi connectivity index (χ2v) is 4.05. The highest BCUT2D eigenvalue weighted by molar-refractivity contribution is 6.04. The number of H-pyrrole nitrogens is 1. The van der Waals surface area contributed by atoms with Gasteiger partial charge in [0.05, 0.1) is 5.56 Å². The summed E-state index contributed by atoms with van der Waals surface area (Å²) in [5.74, 6) is 3.66. The molecule has 1 heterocycles. The molecular formula is C15H11FN2O3. The second-order valence-electron chi connectivity index (χ2n) is 4.05. The van der Waals surface area contributed by atoms with Crippen LogP contribution in [0.5, 0.6) is 0 Å². The van der Waals surface area contributed by atoms with Gasteiger partial charge in [-0.15, -0.1) is 0 Å². The molecule has 2 aromatic rings. The molecule has 0 aliphatic carbocycles. The fourth-order valence-corrected chi connectivity index (χ4v) is 1.62. The number of carbonyl (C=O) groups excluding carboxylic acids is 1. The summed E-state index contributed by atoms with van der Waals surface area (Å²) in [4.78, 5) is 25.4. The number of aliphatic hydroxyl groups is 1. The van der Waals surface area contributed by atoms with Crippen molar-refractivity contribution < 1.29 is 14.3 Å². The Kier molecular flexibility index (Phi) is 4.49. The van der Waals surface area contributed by atoms with Crippen LogP contribution >= 0.6 is 0 Å². The summed E-state index contributed by atoms with van der Waals surface area (Å²) in [5.41, 5.74) is 0.136. The number of pyridine rings is 1. The highest BCUT2D eigenvalue weighted by atomic mass is 19.1. The predicted octanol–water partition coefficient (Wildman–Crippen LogP) is 1.11. The van der Waals surface area contributed by atoms with Gasteiger partial charge in [0.15, 0.2) is 0 Å². The monoisotopic (exact) mass is 286 g/mol. The Morgan fingerprint density at radius 3 is 2.81 bits per heavy atom. The fraction of sp³-hybridized carbons (Fsp3) is 0.0667. The topological polar surface area (TPSA) is 82.2 Å². The van der Waals surface area contributed by atoms with E-state index in [0.29, 0.717) is 0 Å². The van der Waals surface area contributed by atoms with E-state index in [9.17, 15) is 14.0 Å². The third-order valence-corrected chi connectivity index (χ3v) is 2.57. The number of hydrogen-bond donors (Lipinski definition) is 3. The number of carbonyl (C=O) groups is 1. The summed E-state index contributed by atoms with van der Waals surface area (Å²) >= 11 is 0. The van der Waals surface area contributed by atoms with Crippen molar-refractivity contribution in [3.63, 3.8) is 0 Å². The second kappa shape index (κ2) is 6.50. The third kappa shape index (κ3) is 3.78. The van der Waals surface area contributed by atoms with E-state index in [-0.39, 0.29) is 23.4 Å². The number of rotatable bonds is 2. The van der Waals surface area contributed by atoms with Crippen molar-refractivity contribution in [3.8, 4) is 11.8 Å². The minimum absolute atomic E-state index is 0.123. The van der Waals surface area contributed by atoms with Crippen molar-refractivity contribution in [2.75, 3.05) is 11.9 Å². The minimum Gasteiger partial charge on any atom is -0.384 e. The van der Waals surface area contributed by atoms with Crippen LogP contribution in [0.4, 0.5) is 10.1 Å². The molecule has 6 heteroatoms. The Hall–Kier alpha value is -2.91. The van der Waals surface area contributed by atoms with Gasteiger partial charge in [0.1, 0.15) is 12.4 Å². The van der Waals surface area contributed by atoms with Crippen LogP contribution < -0.4 is 10.9 Å². The van der Waals surface area contributed by atoms with Crippen molar-refractivity contribution in [1.29, 1.82) is 0 Å². The number of aliphatic hydroxyl groups excluding tert-OH is 1. The van der Waals surface area contributed by atoms with Gasteiger partial charge in [-0.05, 0) is 24.3 Å². The lowest BCUT2D eigenvalue weighted by Crippen LogP contribution is -2.15. The maximum absolute atomic E-state index is 13.7. The van der Waals surface area contributed by atoms with Crippen molar-refractivity contribution in [1.82, 2.24) is 4.98 Å². The lowest BCUT2D eigenvalue weighted by atomic mass is 10.2. The van der Waals surface area contributed by atoms with Crippen molar-refractivity contribution >= 4 is 11.6 Å². The van der Waals surface area contributed by atoms with Gasteiger partial charge >= 0.3 is 0 Å². The Morgan fingerprint density at radius 2 is 2.14 bits per heavy atom. The zero-order valence-electron chi connectivity index (χ0n) is 10.8. The van der Waals surface area contributed by atoms with Crippen molar-refractivity contribution in [3.05, 3.63) is 63.8 Å². The number of aromatic nitrogens is 1. The average Bonchev–Trinajstić information content (AvgIpc) is 2.46. The first-order valence-corrected chi connectivity index (χ1v) is 5.99. The highest BCUT2D eigenvalue weighted by Crippen LogP contribution is 2.14. The molecule has 0 aliphatic rings. The first kappa shape index (κ1) is 14.5. The van der Waals surface area contributed by atoms with E-state index in [4.69, 9.17) is 5.11 Å². The summed E-state index contributed by atoms with van der Waals surface area (Å²) in [7, 11) is 0. The van der Waals surface area contributed by atoms with E-state index in [1.807, 2.05) is 0 Å². The molecule has 0 unspecified atom stereocenters. The summed E-state index contributed by atoms with van der Waals surface area (Å²) in [6.45, 7) is -0.361. The van der Waals surface area contributed by atoms with Crippen LogP contribution in [0.3, 0.4) is 0 Å². The number of benzene rings is 1. The average molecular weight is 286 g/mol. The molecule has 3 N–H and O–H groups in total. The molecular weight excluding hydrogens is 275 g/mol. The van der Waals surface area contributed by atoms with Gasteiger partial charge in [0.25, 0.3) is 5.91 Å². The Bertz CT molecular complexity index is 787. The minimum atomic E-state index is -0.611. The van der Waals surface area contributed by atoms with Gasteiger partial charge in [0, 0.05) is 23.5 Å². The van der Waals surface area contributed by atoms with Crippen LogP contribution in [0.1, 0.15) is 15.9 Å². The van der Waals surface area contributed by atoms with E-state index < -0.39 is 17.3 Å². The molecule has 0 aliphatic heterocycles. The Balaban J connectivity index is 2.18. The Morgan fingerprint density at radius 1 is 1.33 bits per heavy atom. The summed E-state index contributed by atoms with van der Waals surface area (Å²) in [6, 6.07) is 6.58. The maximum Gasteiger partial charge on any atom is 0.255 e. The van der Waals surface area contributed by atoms with Crippen LogP contribution in [-0.2, 0) is 0 Å². The molecule has 0 fully saturated rings. The van der Waals surface area contributed by atoms with Gasteiger partial charge in [-0.25, -0.2) is 4.39 Å². The molecule has 0 atom stereocenters. The number of anilines is 1. The maximum atomic E-state index is 13.7. The van der Waals surface area contributed by atoms with Crippen molar-refractivity contribution in [2.45, 2.75) is 0 Å². The summed E-state index contributed by atoms with van der Waals surface area (Å²) < 4.78 is 13.7. The standard InChI is InChI=1S/C15H11FN2O3/c16-13-9-12(4-3-10(13)2-1-7-19)18-15(21)11-5-6-17-14(20)8-11/h3-6,8-9,19H,7H2,(H,17,20)(H,18,21). The molecule has 1 amide bonds. The van der Waals surface area contributed by atoms with E-state index in [1.54, 1.807) is 0 Å². The van der Waals surface area contributed by atoms with E-state index in [2.05, 4.69) is 22.1 Å². The van der Waals surface area contributed by atoms with Gasteiger partial charge < -0.3 is 15.4 Å². The lowest BCUT2D eigenvalue weighted by molar-refractivity contribution is 0.102. The smallest absolute Gasteiger partial charge is 0.255 e. The molecule has 1 aromatic heterocycles. The molecule has 21 heavy (non-hydrogen) atoms. The SMILES string of the molecule is O=C(Nc1ccc(C#CCO)c(F)c1)c1cc[nH]c(=O)c1. The molecule has 0 saturated carbocycles. The molecule has 1 aromatic carbocycles. The number of hydrogen-bond acceptors (Lipinski definition) is 3. The highest BCUT2D eigenvalue weighted by Gasteiger charge is 2.08. The molecule has 0 spiro atoms. The molecule has 0 radical (unpaired) electrons. The van der Waals surface area contributed by atoms with Crippen LogP contribution in [0, 0.1) is 17.7 Å². The first-order valence-electron chi connectivity index (χ1n) is 5.99. The predicted molar refractivity (Wildman–Crippen MR) is 75.4 cm³/mol. The number of aromatic amines is 1. The van der Waals surface area contributed by atoms with Crippen LogP contribution in [-0.4, -0.2) is 22.6 Å². The fourth-order valence-electron chi connectivity index (χ4n) is 1.62. The zero-order chi connectivity index (χ0) is 15.2. The molecule has 2 rings (SSSR count). The van der Waals surface area contributed by atoms with E-state index in [0.717, 1.165) is 12.1 Å². The first-order chi connectivity index (χ1) is 10.1. The van der Waals surface area contributed by atoms with E-state index in [1.165, 1.54) is 24.4 Å². The van der Waals surface area contributed by atoms with Crippen LogP contribution in [0.15, 0.2) is 41.3 Å². The largest absolute Gasteiger partial charge is 0.384 e. The molecule has 0 saturated heterocycles. The number of nitrogens with one attached hydrogen (secondary N) is 2. The number of halogens is 1. The van der Waals surface area contributed by atoms with Crippen molar-refractivity contribution in [2.24, 2.45) is 0 Å².